The molecule has 2 aliphatic heterocycles. The van der Waals surface area contributed by atoms with Gasteiger partial charge in [-0.25, -0.2) is 0 Å². The third-order valence-electron chi connectivity index (χ3n) is 4.28. The maximum Gasteiger partial charge on any atom is 0.573 e. The first-order valence-electron chi connectivity index (χ1n) is 7.30. The van der Waals surface area contributed by atoms with Gasteiger partial charge in [-0.3, -0.25) is 4.90 Å². The second-order valence-electron chi connectivity index (χ2n) is 5.83. The second kappa shape index (κ2) is 7.06. The van der Waals surface area contributed by atoms with E-state index in [9.17, 15) is 13.2 Å². The summed E-state index contributed by atoms with van der Waals surface area (Å²) in [5, 5.41) is 3.51. The Kier molecular flexibility index (Phi) is 5.58. The van der Waals surface area contributed by atoms with Gasteiger partial charge in [0, 0.05) is 19.1 Å². The minimum absolute atomic E-state index is 0. The van der Waals surface area contributed by atoms with E-state index in [1.165, 1.54) is 18.6 Å². The quantitative estimate of drug-likeness (QED) is 0.917. The fourth-order valence-electron chi connectivity index (χ4n) is 3.37. The third-order valence-corrected chi connectivity index (χ3v) is 4.28. The average Bonchev–Trinajstić information content (AvgIpc) is 2.84. The normalized spacial score (nSPS) is 25.4. The van der Waals surface area contributed by atoms with Crippen LogP contribution in [0.3, 0.4) is 0 Å². The van der Waals surface area contributed by atoms with E-state index in [1.807, 2.05) is 6.07 Å². The van der Waals surface area contributed by atoms with E-state index in [4.69, 9.17) is 0 Å². The monoisotopic (exact) mass is 336 g/mol. The molecule has 2 unspecified atom stereocenters. The summed E-state index contributed by atoms with van der Waals surface area (Å²) in [6.07, 6.45) is -2.33. The molecule has 2 saturated heterocycles. The Hall–Kier alpha value is -0.980. The molecule has 0 aromatic heterocycles. The lowest BCUT2D eigenvalue weighted by Crippen LogP contribution is -2.43. The third kappa shape index (κ3) is 4.51. The molecule has 0 saturated carbocycles. The van der Waals surface area contributed by atoms with Crippen LogP contribution in [0, 0.1) is 5.92 Å². The van der Waals surface area contributed by atoms with Crippen molar-refractivity contribution >= 4 is 12.4 Å². The number of hydrogen-bond acceptors (Lipinski definition) is 3. The lowest BCUT2D eigenvalue weighted by molar-refractivity contribution is -0.274. The predicted molar refractivity (Wildman–Crippen MR) is 80.2 cm³/mol. The number of nitrogens with zero attached hydrogens (tertiary/aromatic N) is 1. The maximum atomic E-state index is 12.2. The highest BCUT2D eigenvalue weighted by molar-refractivity contribution is 5.85. The Morgan fingerprint density at radius 3 is 2.86 bits per heavy atom. The van der Waals surface area contributed by atoms with Crippen molar-refractivity contribution in [3.05, 3.63) is 29.8 Å². The standard InChI is InChI=1S/C15H19F3N2O.ClH/c16-15(17,18)21-13-3-1-2-11(8-13)9-20-7-5-14-12(10-20)4-6-19-14;/h1-3,8,12,14,19H,4-7,9-10H2;1H. The number of ether oxygens (including phenoxy) is 1. The van der Waals surface area contributed by atoms with Crippen LogP contribution in [0.5, 0.6) is 5.75 Å². The van der Waals surface area contributed by atoms with Crippen LogP contribution >= 0.6 is 12.4 Å². The van der Waals surface area contributed by atoms with Crippen molar-refractivity contribution in [1.29, 1.82) is 0 Å². The number of piperidine rings is 1. The Morgan fingerprint density at radius 2 is 2.09 bits per heavy atom. The van der Waals surface area contributed by atoms with Gasteiger partial charge < -0.3 is 10.1 Å². The zero-order valence-electron chi connectivity index (χ0n) is 12.1. The highest BCUT2D eigenvalue weighted by Gasteiger charge is 2.33. The number of hydrogen-bond donors (Lipinski definition) is 1. The van der Waals surface area contributed by atoms with Crippen molar-refractivity contribution in [2.24, 2.45) is 5.92 Å². The molecule has 0 radical (unpaired) electrons. The smallest absolute Gasteiger partial charge is 0.406 e. The van der Waals surface area contributed by atoms with Crippen molar-refractivity contribution in [1.82, 2.24) is 10.2 Å². The SMILES string of the molecule is Cl.FC(F)(F)Oc1cccc(CN2CCC3NCCC3C2)c1. The summed E-state index contributed by atoms with van der Waals surface area (Å²) >= 11 is 0. The van der Waals surface area contributed by atoms with Crippen LogP contribution in [0.25, 0.3) is 0 Å². The molecule has 2 aliphatic rings. The van der Waals surface area contributed by atoms with Gasteiger partial charge in [0.2, 0.25) is 0 Å². The van der Waals surface area contributed by atoms with Crippen molar-refractivity contribution in [3.8, 4) is 5.75 Å². The Labute approximate surface area is 134 Å². The fraction of sp³-hybridized carbons (Fsp3) is 0.600. The molecule has 7 heteroatoms. The number of nitrogens with one attached hydrogen (secondary N) is 1. The van der Waals surface area contributed by atoms with Gasteiger partial charge in [-0.1, -0.05) is 12.1 Å². The molecule has 0 amide bonds. The molecule has 0 spiro atoms. The average molecular weight is 337 g/mol. The zero-order chi connectivity index (χ0) is 14.9. The van der Waals surface area contributed by atoms with Crippen LogP contribution in [-0.2, 0) is 6.54 Å². The van der Waals surface area contributed by atoms with Crippen LogP contribution in [0.4, 0.5) is 13.2 Å². The van der Waals surface area contributed by atoms with Gasteiger partial charge in [0.1, 0.15) is 5.75 Å². The van der Waals surface area contributed by atoms with E-state index >= 15 is 0 Å². The Bertz CT molecular complexity index is 498. The van der Waals surface area contributed by atoms with Crippen molar-refractivity contribution in [2.75, 3.05) is 19.6 Å². The van der Waals surface area contributed by atoms with Gasteiger partial charge in [-0.15, -0.1) is 25.6 Å². The molecule has 0 bridgehead atoms. The summed E-state index contributed by atoms with van der Waals surface area (Å²) < 4.78 is 40.7. The summed E-state index contributed by atoms with van der Waals surface area (Å²) in [5.41, 5.74) is 0.862. The van der Waals surface area contributed by atoms with Gasteiger partial charge in [-0.05, 0) is 49.5 Å². The van der Waals surface area contributed by atoms with Crippen molar-refractivity contribution in [2.45, 2.75) is 31.8 Å². The molecular formula is C15H20ClF3N2O. The van der Waals surface area contributed by atoms with Crippen LogP contribution in [0.1, 0.15) is 18.4 Å². The number of alkyl halides is 3. The number of rotatable bonds is 3. The fourth-order valence-corrected chi connectivity index (χ4v) is 3.37. The molecule has 124 valence electrons. The van der Waals surface area contributed by atoms with E-state index in [0.717, 1.165) is 31.6 Å². The summed E-state index contributed by atoms with van der Waals surface area (Å²) in [6, 6.07) is 6.90. The molecule has 3 rings (SSSR count). The van der Waals surface area contributed by atoms with E-state index in [2.05, 4.69) is 15.0 Å². The van der Waals surface area contributed by atoms with E-state index in [1.54, 1.807) is 6.07 Å². The highest BCUT2D eigenvalue weighted by atomic mass is 35.5. The predicted octanol–water partition coefficient (Wildman–Crippen LogP) is 3.19. The topological polar surface area (TPSA) is 24.5 Å². The van der Waals surface area contributed by atoms with Gasteiger partial charge in [-0.2, -0.15) is 0 Å². The molecule has 2 atom stereocenters. The first-order valence-corrected chi connectivity index (χ1v) is 7.30. The van der Waals surface area contributed by atoms with E-state index < -0.39 is 6.36 Å². The molecule has 0 aliphatic carbocycles. The molecule has 1 aromatic carbocycles. The molecule has 3 nitrogen and oxygen atoms in total. The van der Waals surface area contributed by atoms with E-state index in [0.29, 0.717) is 18.5 Å². The number of fused-ring (bicyclic) bond motifs is 1. The molecule has 1 aromatic rings. The number of benzene rings is 1. The van der Waals surface area contributed by atoms with Gasteiger partial charge >= 0.3 is 6.36 Å². The summed E-state index contributed by atoms with van der Waals surface area (Å²) in [5.74, 6) is 0.533. The first-order chi connectivity index (χ1) is 9.99. The Balaban J connectivity index is 0.00000176. The zero-order valence-corrected chi connectivity index (χ0v) is 12.9. The summed E-state index contributed by atoms with van der Waals surface area (Å²) in [7, 11) is 0. The van der Waals surface area contributed by atoms with Crippen LogP contribution < -0.4 is 10.1 Å². The van der Waals surface area contributed by atoms with Crippen LogP contribution in [-0.4, -0.2) is 36.9 Å². The largest absolute Gasteiger partial charge is 0.573 e. The van der Waals surface area contributed by atoms with Crippen molar-refractivity contribution < 1.29 is 17.9 Å². The molecule has 2 fully saturated rings. The minimum atomic E-state index is -4.63. The maximum absolute atomic E-state index is 12.2. The lowest BCUT2D eigenvalue weighted by Gasteiger charge is -2.34. The summed E-state index contributed by atoms with van der Waals surface area (Å²) in [6.45, 7) is 3.76. The second-order valence-corrected chi connectivity index (χ2v) is 5.83. The van der Waals surface area contributed by atoms with Crippen LogP contribution in [0.2, 0.25) is 0 Å². The van der Waals surface area contributed by atoms with Crippen LogP contribution in [0.15, 0.2) is 24.3 Å². The highest BCUT2D eigenvalue weighted by Crippen LogP contribution is 2.27. The molecule has 1 N–H and O–H groups in total. The van der Waals surface area contributed by atoms with Gasteiger partial charge in [0.05, 0.1) is 0 Å². The molecular weight excluding hydrogens is 317 g/mol. The van der Waals surface area contributed by atoms with Gasteiger partial charge in [0.25, 0.3) is 0 Å². The first kappa shape index (κ1) is 17.4. The minimum Gasteiger partial charge on any atom is -0.406 e. The van der Waals surface area contributed by atoms with E-state index in [-0.39, 0.29) is 18.2 Å². The van der Waals surface area contributed by atoms with Crippen molar-refractivity contribution in [3.63, 3.8) is 0 Å². The molecule has 2 heterocycles. The summed E-state index contributed by atoms with van der Waals surface area (Å²) in [4.78, 5) is 2.32. The van der Waals surface area contributed by atoms with Gasteiger partial charge in [0.15, 0.2) is 0 Å². The number of halogens is 4. The Morgan fingerprint density at radius 1 is 1.27 bits per heavy atom. The number of likely N-dealkylation sites (tertiary alicyclic amines) is 1. The lowest BCUT2D eigenvalue weighted by atomic mass is 9.93. The molecule has 22 heavy (non-hydrogen) atoms.